The third-order valence-corrected chi connectivity index (χ3v) is 6.67. The Morgan fingerprint density at radius 2 is 2.00 bits per heavy atom. The number of allylic oxidation sites excluding steroid dienone is 1. The van der Waals surface area contributed by atoms with Crippen LogP contribution in [0.25, 0.3) is 0 Å². The van der Waals surface area contributed by atoms with Gasteiger partial charge in [-0.05, 0) is 62.9 Å². The summed E-state index contributed by atoms with van der Waals surface area (Å²) >= 11 is 0. The van der Waals surface area contributed by atoms with Gasteiger partial charge in [-0.25, -0.2) is 4.39 Å². The summed E-state index contributed by atoms with van der Waals surface area (Å²) in [6.45, 7) is 10.2. The van der Waals surface area contributed by atoms with Crippen molar-refractivity contribution in [3.05, 3.63) is 41.4 Å². The zero-order chi connectivity index (χ0) is 21.4. The van der Waals surface area contributed by atoms with Crippen LogP contribution in [-0.4, -0.2) is 52.9 Å². The first-order valence-electron chi connectivity index (χ1n) is 11.0. The average Bonchev–Trinajstić information content (AvgIpc) is 3.29. The van der Waals surface area contributed by atoms with Gasteiger partial charge in [0.25, 0.3) is 5.91 Å². The molecule has 2 amide bonds. The van der Waals surface area contributed by atoms with E-state index in [4.69, 9.17) is 4.74 Å². The van der Waals surface area contributed by atoms with Crippen LogP contribution < -0.4 is 10.1 Å². The molecular formula is C23H30FN3O3. The van der Waals surface area contributed by atoms with Crippen LogP contribution in [0.2, 0.25) is 0 Å². The minimum atomic E-state index is -0.551. The predicted molar refractivity (Wildman–Crippen MR) is 112 cm³/mol. The summed E-state index contributed by atoms with van der Waals surface area (Å²) in [6, 6.07) is 2.66. The number of nitrogens with one attached hydrogen (secondary N) is 1. The van der Waals surface area contributed by atoms with E-state index in [0.29, 0.717) is 36.2 Å². The van der Waals surface area contributed by atoms with E-state index in [9.17, 15) is 14.0 Å². The van der Waals surface area contributed by atoms with Crippen LogP contribution in [0.3, 0.4) is 0 Å². The molecule has 2 fully saturated rings. The van der Waals surface area contributed by atoms with Gasteiger partial charge >= 0.3 is 0 Å². The Morgan fingerprint density at radius 3 is 2.70 bits per heavy atom. The third-order valence-electron chi connectivity index (χ3n) is 6.67. The van der Waals surface area contributed by atoms with Gasteiger partial charge in [-0.2, -0.15) is 0 Å². The van der Waals surface area contributed by atoms with Crippen LogP contribution in [0.1, 0.15) is 61.9 Å². The summed E-state index contributed by atoms with van der Waals surface area (Å²) in [4.78, 5) is 29.1. The van der Waals surface area contributed by atoms with Gasteiger partial charge in [0.15, 0.2) is 11.6 Å². The first-order chi connectivity index (χ1) is 14.4. The number of carbonyl (C=O) groups is 2. The van der Waals surface area contributed by atoms with E-state index in [1.807, 2.05) is 0 Å². The van der Waals surface area contributed by atoms with Gasteiger partial charge in [0.1, 0.15) is 12.1 Å². The smallest absolute Gasteiger partial charge is 0.255 e. The molecule has 2 aliphatic heterocycles. The van der Waals surface area contributed by atoms with Crippen molar-refractivity contribution < 1.29 is 18.7 Å². The van der Waals surface area contributed by atoms with E-state index in [1.165, 1.54) is 11.0 Å². The summed E-state index contributed by atoms with van der Waals surface area (Å²) in [5.41, 5.74) is 1.70. The number of ether oxygens (including phenoxy) is 1. The molecule has 4 rings (SSSR count). The number of hydrogen-bond acceptors (Lipinski definition) is 4. The molecule has 30 heavy (non-hydrogen) atoms. The molecule has 0 aromatic heterocycles. The molecule has 0 radical (unpaired) electrons. The summed E-state index contributed by atoms with van der Waals surface area (Å²) in [6.07, 6.45) is 4.12. The summed E-state index contributed by atoms with van der Waals surface area (Å²) < 4.78 is 21.0. The number of hydrogen-bond donors (Lipinski definition) is 1. The van der Waals surface area contributed by atoms with Crippen LogP contribution in [0.15, 0.2) is 24.4 Å². The lowest BCUT2D eigenvalue weighted by atomic mass is 10.0. The predicted octanol–water partition coefficient (Wildman–Crippen LogP) is 3.22. The molecule has 1 aromatic rings. The van der Waals surface area contributed by atoms with Crippen LogP contribution in [0.5, 0.6) is 5.75 Å². The Balaban J connectivity index is 1.53. The van der Waals surface area contributed by atoms with Gasteiger partial charge in [0.2, 0.25) is 5.91 Å². The highest BCUT2D eigenvalue weighted by atomic mass is 19.1. The Kier molecular flexibility index (Phi) is 5.82. The lowest BCUT2D eigenvalue weighted by molar-refractivity contribution is -0.126. The number of fused-ring (bicyclic) bond motifs is 1. The summed E-state index contributed by atoms with van der Waals surface area (Å²) in [7, 11) is 0. The molecule has 0 spiro atoms. The molecule has 3 unspecified atom stereocenters. The van der Waals surface area contributed by atoms with Crippen LogP contribution in [0, 0.1) is 5.82 Å². The molecule has 3 atom stereocenters. The molecular weight excluding hydrogens is 385 g/mol. The van der Waals surface area contributed by atoms with E-state index in [1.54, 1.807) is 6.07 Å². The average molecular weight is 416 g/mol. The fourth-order valence-electron chi connectivity index (χ4n) is 5.05. The standard InChI is InChI=1S/C23H30FN3O3/c1-4-26(5-2)18-7-6-8-20(18)30-21-11-15-13-27(23(29)16(15)12-17(21)24)19-10-9-14(3)25-22(19)28/h11-12,18-20H,3-10,13H2,1-2H3,(H,25,28). The van der Waals surface area contributed by atoms with E-state index in [-0.39, 0.29) is 29.7 Å². The van der Waals surface area contributed by atoms with Crippen molar-refractivity contribution in [2.45, 2.75) is 70.7 Å². The molecule has 1 N–H and O–H groups in total. The number of halogens is 1. The van der Waals surface area contributed by atoms with Crippen molar-refractivity contribution in [2.75, 3.05) is 13.1 Å². The lowest BCUT2D eigenvalue weighted by Gasteiger charge is -2.31. The van der Waals surface area contributed by atoms with Crippen molar-refractivity contribution in [2.24, 2.45) is 0 Å². The van der Waals surface area contributed by atoms with Crippen molar-refractivity contribution in [3.8, 4) is 5.75 Å². The van der Waals surface area contributed by atoms with Crippen molar-refractivity contribution in [1.82, 2.24) is 15.1 Å². The first kappa shape index (κ1) is 20.8. The van der Waals surface area contributed by atoms with E-state index >= 15 is 0 Å². The van der Waals surface area contributed by atoms with Gasteiger partial charge in [-0.15, -0.1) is 0 Å². The van der Waals surface area contributed by atoms with Crippen LogP contribution in [0.4, 0.5) is 4.39 Å². The Bertz CT molecular complexity index is 867. The molecule has 162 valence electrons. The second kappa shape index (κ2) is 8.38. The van der Waals surface area contributed by atoms with E-state index in [0.717, 1.165) is 32.4 Å². The Hall–Kier alpha value is -2.41. The quantitative estimate of drug-likeness (QED) is 0.775. The van der Waals surface area contributed by atoms with Crippen molar-refractivity contribution in [3.63, 3.8) is 0 Å². The molecule has 1 saturated carbocycles. The zero-order valence-corrected chi connectivity index (χ0v) is 17.7. The van der Waals surface area contributed by atoms with Crippen LogP contribution in [-0.2, 0) is 11.3 Å². The second-order valence-electron chi connectivity index (χ2n) is 8.40. The van der Waals surface area contributed by atoms with Gasteiger partial charge in [-0.1, -0.05) is 20.4 Å². The topological polar surface area (TPSA) is 61.9 Å². The highest BCUT2D eigenvalue weighted by molar-refractivity contribution is 6.01. The van der Waals surface area contributed by atoms with Crippen molar-refractivity contribution in [1.29, 1.82) is 0 Å². The number of rotatable bonds is 6. The summed E-state index contributed by atoms with van der Waals surface area (Å²) in [5, 5.41) is 2.72. The fraction of sp³-hybridized carbons (Fsp3) is 0.565. The highest BCUT2D eigenvalue weighted by Crippen LogP contribution is 2.35. The number of benzene rings is 1. The van der Waals surface area contributed by atoms with Crippen molar-refractivity contribution >= 4 is 11.8 Å². The Morgan fingerprint density at radius 1 is 1.23 bits per heavy atom. The molecule has 3 aliphatic rings. The maximum absolute atomic E-state index is 14.9. The Labute approximate surface area is 177 Å². The second-order valence-corrected chi connectivity index (χ2v) is 8.40. The van der Waals surface area contributed by atoms with Gasteiger partial charge in [0.05, 0.1) is 0 Å². The number of likely N-dealkylation sites (N-methyl/N-ethyl adjacent to an activating group) is 1. The maximum Gasteiger partial charge on any atom is 0.255 e. The zero-order valence-electron chi connectivity index (χ0n) is 17.7. The van der Waals surface area contributed by atoms with E-state index in [2.05, 4.69) is 30.6 Å². The minimum Gasteiger partial charge on any atom is -0.486 e. The largest absolute Gasteiger partial charge is 0.486 e. The molecule has 0 bridgehead atoms. The SMILES string of the molecule is C=C1CCC(N2Cc3cc(OC4CCCC4N(CC)CC)c(F)cc3C2=O)C(=O)N1. The van der Waals surface area contributed by atoms with Gasteiger partial charge < -0.3 is 15.0 Å². The third kappa shape index (κ3) is 3.71. The number of piperidine rings is 1. The summed E-state index contributed by atoms with van der Waals surface area (Å²) in [5.74, 6) is -0.841. The number of carbonyl (C=O) groups excluding carboxylic acids is 2. The van der Waals surface area contributed by atoms with Gasteiger partial charge in [-0.3, -0.25) is 14.5 Å². The maximum atomic E-state index is 14.9. The molecule has 1 saturated heterocycles. The fourth-order valence-corrected chi connectivity index (χ4v) is 5.05. The molecule has 1 aromatic carbocycles. The van der Waals surface area contributed by atoms with E-state index < -0.39 is 11.9 Å². The number of nitrogens with zero attached hydrogens (tertiary/aromatic N) is 2. The number of amides is 2. The van der Waals surface area contributed by atoms with Crippen LogP contribution >= 0.6 is 0 Å². The molecule has 2 heterocycles. The first-order valence-corrected chi connectivity index (χ1v) is 11.0. The lowest BCUT2D eigenvalue weighted by Crippen LogP contribution is -2.49. The molecule has 6 nitrogen and oxygen atoms in total. The molecule has 1 aliphatic carbocycles. The monoisotopic (exact) mass is 415 g/mol. The van der Waals surface area contributed by atoms with Gasteiger partial charge in [0, 0.05) is 23.8 Å². The minimum absolute atomic E-state index is 0.0548. The highest BCUT2D eigenvalue weighted by Gasteiger charge is 2.39. The molecule has 7 heteroatoms. The normalized spacial score (nSPS) is 26.3.